The van der Waals surface area contributed by atoms with E-state index in [0.29, 0.717) is 4.05 Å². The highest BCUT2D eigenvalue weighted by atomic mass is 127. The highest BCUT2D eigenvalue weighted by molar-refractivity contribution is 14.1. The molecule has 0 aromatic heterocycles. The fraction of sp³-hybridized carbons (Fsp3) is 1.00. The Bertz CT molecular complexity index is 115. The molecule has 0 aromatic rings. The maximum atomic E-state index is 4.00. The largest absolute Gasteiger partial charge is 0.347 e. The zero-order chi connectivity index (χ0) is 11.4. The van der Waals surface area contributed by atoms with Gasteiger partial charge in [-0.05, 0) is 29.0 Å². The summed E-state index contributed by atoms with van der Waals surface area (Å²) >= 11 is 2.42. The van der Waals surface area contributed by atoms with E-state index in [0.717, 1.165) is 0 Å². The Hall–Kier alpha value is 0.690. The molecule has 3 N–H and O–H groups in total. The molecule has 0 aliphatic carbocycles. The van der Waals surface area contributed by atoms with Gasteiger partial charge >= 0.3 is 0 Å². The van der Waals surface area contributed by atoms with Gasteiger partial charge in [0.05, 0.1) is 0 Å². The first-order valence-electron chi connectivity index (χ1n) is 6.74. The van der Waals surface area contributed by atoms with Crippen LogP contribution >= 0.6 is 22.6 Å². The van der Waals surface area contributed by atoms with Crippen LogP contribution in [0, 0.1) is 0 Å². The van der Waals surface area contributed by atoms with Gasteiger partial charge in [0.25, 0.3) is 0 Å². The smallest absolute Gasteiger partial charge is 0.135 e. The maximum Gasteiger partial charge on any atom is 0.135 e. The fourth-order valence-electron chi connectivity index (χ4n) is 1.85. The van der Waals surface area contributed by atoms with Crippen LogP contribution in [0.4, 0.5) is 0 Å². The molecule has 0 aliphatic heterocycles. The third kappa shape index (κ3) is 14.7. The molecule has 1 nitrogen and oxygen atoms in total. The fourth-order valence-corrected chi connectivity index (χ4v) is 2.29. The number of hydrogen-bond donors (Lipinski definition) is 1. The van der Waals surface area contributed by atoms with E-state index in [-0.39, 0.29) is 0 Å². The van der Waals surface area contributed by atoms with Crippen molar-refractivity contribution in [2.45, 2.75) is 81.6 Å². The summed E-state index contributed by atoms with van der Waals surface area (Å²) in [5.74, 6) is 0. The Kier molecular flexibility index (Phi) is 13.3. The molecular weight excluding hydrogens is 297 g/mol. The Morgan fingerprint density at radius 3 is 1.60 bits per heavy atom. The lowest BCUT2D eigenvalue weighted by Gasteiger charge is -2.02. The zero-order valence-corrected chi connectivity index (χ0v) is 12.6. The summed E-state index contributed by atoms with van der Waals surface area (Å²) in [6, 6.07) is 0. The minimum Gasteiger partial charge on any atom is -0.347 e. The second-order valence-electron chi connectivity index (χ2n) is 4.57. The van der Waals surface area contributed by atoms with Crippen molar-refractivity contribution in [3.63, 3.8) is 0 Å². The van der Waals surface area contributed by atoms with E-state index in [1.54, 1.807) is 0 Å². The van der Waals surface area contributed by atoms with Gasteiger partial charge in [-0.2, -0.15) is 0 Å². The first kappa shape index (κ1) is 15.7. The quantitative estimate of drug-likeness (QED) is 0.254. The first-order valence-corrected chi connectivity index (χ1v) is 7.99. The SMILES string of the molecule is CCCCCCCCCCCCC([NH3+])I. The van der Waals surface area contributed by atoms with Crippen LogP contribution in [0.3, 0.4) is 0 Å². The number of quaternary nitrogens is 1. The van der Waals surface area contributed by atoms with Crippen LogP contribution < -0.4 is 5.73 Å². The second-order valence-corrected chi connectivity index (χ2v) is 6.33. The number of alkyl halides is 1. The molecule has 0 aliphatic rings. The van der Waals surface area contributed by atoms with Crippen molar-refractivity contribution in [1.82, 2.24) is 0 Å². The van der Waals surface area contributed by atoms with Gasteiger partial charge in [0.1, 0.15) is 4.05 Å². The van der Waals surface area contributed by atoms with Crippen LogP contribution in [0.1, 0.15) is 77.6 Å². The third-order valence-corrected chi connectivity index (χ3v) is 3.49. The molecule has 0 saturated heterocycles. The van der Waals surface area contributed by atoms with Crippen molar-refractivity contribution in [2.24, 2.45) is 0 Å². The summed E-state index contributed by atoms with van der Waals surface area (Å²) < 4.78 is 0.622. The van der Waals surface area contributed by atoms with Crippen molar-refractivity contribution in [3.05, 3.63) is 0 Å². The molecule has 0 saturated carbocycles. The average molecular weight is 326 g/mol. The molecule has 1 unspecified atom stereocenters. The van der Waals surface area contributed by atoms with Gasteiger partial charge in [0.15, 0.2) is 0 Å². The number of hydrogen-bond acceptors (Lipinski definition) is 0. The van der Waals surface area contributed by atoms with E-state index < -0.39 is 0 Å². The van der Waals surface area contributed by atoms with Gasteiger partial charge < -0.3 is 5.73 Å². The van der Waals surface area contributed by atoms with Crippen molar-refractivity contribution >= 4 is 22.6 Å². The highest BCUT2D eigenvalue weighted by Crippen LogP contribution is 2.12. The molecular formula is C13H29IN+. The van der Waals surface area contributed by atoms with Gasteiger partial charge in [-0.1, -0.05) is 64.7 Å². The monoisotopic (exact) mass is 326 g/mol. The van der Waals surface area contributed by atoms with E-state index in [1.807, 2.05) is 0 Å². The van der Waals surface area contributed by atoms with E-state index in [2.05, 4.69) is 35.2 Å². The third-order valence-electron chi connectivity index (χ3n) is 2.87. The molecule has 0 rings (SSSR count). The molecule has 1 atom stereocenters. The summed E-state index contributed by atoms with van der Waals surface area (Å²) in [5.41, 5.74) is 4.00. The van der Waals surface area contributed by atoms with E-state index in [4.69, 9.17) is 0 Å². The summed E-state index contributed by atoms with van der Waals surface area (Å²) in [6.45, 7) is 2.28. The first-order chi connectivity index (χ1) is 7.27. The number of halogens is 1. The van der Waals surface area contributed by atoms with Gasteiger partial charge in [-0.3, -0.25) is 0 Å². The number of rotatable bonds is 11. The van der Waals surface area contributed by atoms with E-state index in [1.165, 1.54) is 70.6 Å². The van der Waals surface area contributed by atoms with Gasteiger partial charge in [-0.15, -0.1) is 0 Å². The maximum absolute atomic E-state index is 4.00. The van der Waals surface area contributed by atoms with Gasteiger partial charge in [0.2, 0.25) is 0 Å². The minimum atomic E-state index is 0.622. The molecule has 0 heterocycles. The lowest BCUT2D eigenvalue weighted by molar-refractivity contribution is -0.379. The van der Waals surface area contributed by atoms with E-state index >= 15 is 0 Å². The Labute approximate surface area is 110 Å². The van der Waals surface area contributed by atoms with Crippen LogP contribution in [-0.4, -0.2) is 4.05 Å². The predicted octanol–water partition coefficient (Wildman–Crippen LogP) is 4.30. The summed E-state index contributed by atoms with van der Waals surface area (Å²) in [6.07, 6.45) is 15.6. The highest BCUT2D eigenvalue weighted by Gasteiger charge is 1.98. The Balaban J connectivity index is 2.87. The standard InChI is InChI=1S/C13H28IN/c1-2-3-4-5-6-7-8-9-10-11-12-13(14)15/h13H,2-12,15H2,1H3/p+1. The molecule has 0 spiro atoms. The predicted molar refractivity (Wildman–Crippen MR) is 77.2 cm³/mol. The molecule has 92 valence electrons. The molecule has 0 bridgehead atoms. The van der Waals surface area contributed by atoms with Crippen molar-refractivity contribution < 1.29 is 5.73 Å². The molecule has 0 fully saturated rings. The normalized spacial score (nSPS) is 13.0. The molecule has 2 heteroatoms. The molecule has 15 heavy (non-hydrogen) atoms. The molecule has 0 aromatic carbocycles. The lowest BCUT2D eigenvalue weighted by Crippen LogP contribution is -2.56. The van der Waals surface area contributed by atoms with Crippen LogP contribution in [0.5, 0.6) is 0 Å². The lowest BCUT2D eigenvalue weighted by atomic mass is 10.1. The van der Waals surface area contributed by atoms with Crippen LogP contribution in [0.25, 0.3) is 0 Å². The van der Waals surface area contributed by atoms with Crippen LogP contribution in [-0.2, 0) is 0 Å². The van der Waals surface area contributed by atoms with Crippen LogP contribution in [0.15, 0.2) is 0 Å². The van der Waals surface area contributed by atoms with E-state index in [9.17, 15) is 0 Å². The summed E-state index contributed by atoms with van der Waals surface area (Å²) in [7, 11) is 0. The van der Waals surface area contributed by atoms with Crippen molar-refractivity contribution in [2.75, 3.05) is 0 Å². The topological polar surface area (TPSA) is 27.6 Å². The number of unbranched alkanes of at least 4 members (excludes halogenated alkanes) is 9. The summed E-state index contributed by atoms with van der Waals surface area (Å²) in [4.78, 5) is 0. The zero-order valence-electron chi connectivity index (χ0n) is 10.4. The van der Waals surface area contributed by atoms with Gasteiger partial charge in [0, 0.05) is 6.42 Å². The Morgan fingerprint density at radius 1 is 0.800 bits per heavy atom. The van der Waals surface area contributed by atoms with Crippen molar-refractivity contribution in [1.29, 1.82) is 0 Å². The molecule has 0 radical (unpaired) electrons. The van der Waals surface area contributed by atoms with Crippen molar-refractivity contribution in [3.8, 4) is 0 Å². The minimum absolute atomic E-state index is 0.622. The summed E-state index contributed by atoms with van der Waals surface area (Å²) in [5, 5.41) is 0. The van der Waals surface area contributed by atoms with Gasteiger partial charge in [-0.25, -0.2) is 0 Å². The van der Waals surface area contributed by atoms with Crippen LogP contribution in [0.2, 0.25) is 0 Å². The average Bonchev–Trinajstić information content (AvgIpc) is 2.20. The molecule has 0 amide bonds. The Morgan fingerprint density at radius 2 is 1.20 bits per heavy atom. The second kappa shape index (κ2) is 12.8.